The summed E-state index contributed by atoms with van der Waals surface area (Å²) in [6, 6.07) is 7.71. The van der Waals surface area contributed by atoms with E-state index in [-0.39, 0.29) is 12.5 Å². The predicted molar refractivity (Wildman–Crippen MR) is 53.3 cm³/mol. The molecule has 0 unspecified atom stereocenters. The summed E-state index contributed by atoms with van der Waals surface area (Å²) >= 11 is 0. The lowest BCUT2D eigenvalue weighted by molar-refractivity contribution is -0.127. The molecule has 1 aliphatic rings. The highest BCUT2D eigenvalue weighted by molar-refractivity contribution is 5.79. The Morgan fingerprint density at radius 1 is 1.43 bits per heavy atom. The highest BCUT2D eigenvalue weighted by Crippen LogP contribution is 2.16. The third-order valence-electron chi connectivity index (χ3n) is 2.24. The number of carbonyl (C=O) groups excluding carboxylic acids is 1. The minimum Gasteiger partial charge on any atom is -0.484 e. The minimum atomic E-state index is 0.0771. The summed E-state index contributed by atoms with van der Waals surface area (Å²) < 4.78 is 5.41. The first-order valence-electron chi connectivity index (χ1n) is 4.73. The van der Waals surface area contributed by atoms with E-state index in [0.29, 0.717) is 0 Å². The van der Waals surface area contributed by atoms with Gasteiger partial charge in [0.15, 0.2) is 6.61 Å². The van der Waals surface area contributed by atoms with E-state index in [4.69, 9.17) is 4.74 Å². The summed E-state index contributed by atoms with van der Waals surface area (Å²) in [5, 5.41) is 0. The molecule has 2 rings (SSSR count). The maximum absolute atomic E-state index is 11.3. The molecule has 0 bridgehead atoms. The molecule has 1 aromatic rings. The maximum atomic E-state index is 11.3. The molecule has 3 heteroatoms. The molecule has 3 nitrogen and oxygen atoms in total. The van der Waals surface area contributed by atoms with Crippen LogP contribution in [-0.2, 0) is 4.79 Å². The Labute approximate surface area is 83.3 Å². The zero-order chi connectivity index (χ0) is 9.97. The molecule has 0 saturated carbocycles. The number of nitrogens with zero attached hydrogens (tertiary/aromatic N) is 1. The van der Waals surface area contributed by atoms with Gasteiger partial charge in [-0.05, 0) is 18.6 Å². The van der Waals surface area contributed by atoms with Crippen molar-refractivity contribution in [2.75, 3.05) is 19.7 Å². The molecule has 14 heavy (non-hydrogen) atoms. The summed E-state index contributed by atoms with van der Waals surface area (Å²) in [5.41, 5.74) is 1.06. The van der Waals surface area contributed by atoms with Gasteiger partial charge in [0, 0.05) is 13.1 Å². The third kappa shape index (κ3) is 2.05. The van der Waals surface area contributed by atoms with Gasteiger partial charge in [-0.3, -0.25) is 4.79 Å². The van der Waals surface area contributed by atoms with Crippen LogP contribution in [0.5, 0.6) is 5.75 Å². The van der Waals surface area contributed by atoms with Crippen molar-refractivity contribution in [3.05, 3.63) is 29.8 Å². The van der Waals surface area contributed by atoms with E-state index < -0.39 is 0 Å². The first kappa shape index (κ1) is 9.06. The number of para-hydroxylation sites is 1. The van der Waals surface area contributed by atoms with Crippen molar-refractivity contribution < 1.29 is 9.53 Å². The van der Waals surface area contributed by atoms with Crippen LogP contribution in [-0.4, -0.2) is 30.5 Å². The van der Waals surface area contributed by atoms with Crippen molar-refractivity contribution in [3.8, 4) is 5.75 Å². The van der Waals surface area contributed by atoms with Crippen LogP contribution in [0.4, 0.5) is 0 Å². The van der Waals surface area contributed by atoms with Crippen molar-refractivity contribution in [2.45, 2.75) is 6.92 Å². The molecule has 1 fully saturated rings. The Kier molecular flexibility index (Phi) is 2.39. The number of ether oxygens (including phenoxy) is 1. The van der Waals surface area contributed by atoms with Crippen molar-refractivity contribution in [1.29, 1.82) is 0 Å². The number of aryl methyl sites for hydroxylation is 1. The minimum absolute atomic E-state index is 0.0771. The standard InChI is InChI=1S/C11H13NO2/c1-9-4-2-3-5-10(9)14-8-11(13)12-6-7-12/h2-5H,6-8H2,1H3. The summed E-state index contributed by atoms with van der Waals surface area (Å²) in [7, 11) is 0. The molecule has 0 spiro atoms. The Morgan fingerprint density at radius 2 is 2.14 bits per heavy atom. The van der Waals surface area contributed by atoms with Gasteiger partial charge >= 0.3 is 0 Å². The first-order valence-corrected chi connectivity index (χ1v) is 4.73. The SMILES string of the molecule is Cc1ccccc1OCC(=O)N1CC1. The quantitative estimate of drug-likeness (QED) is 0.672. The number of benzene rings is 1. The van der Waals surface area contributed by atoms with Crippen molar-refractivity contribution in [2.24, 2.45) is 0 Å². The van der Waals surface area contributed by atoms with Gasteiger partial charge in [0.2, 0.25) is 0 Å². The van der Waals surface area contributed by atoms with Crippen LogP contribution >= 0.6 is 0 Å². The molecule has 1 amide bonds. The van der Waals surface area contributed by atoms with Gasteiger partial charge < -0.3 is 9.64 Å². The fourth-order valence-electron chi connectivity index (χ4n) is 1.25. The molecule has 0 aromatic heterocycles. The van der Waals surface area contributed by atoms with E-state index in [0.717, 1.165) is 24.4 Å². The average molecular weight is 191 g/mol. The van der Waals surface area contributed by atoms with Crippen LogP contribution in [0.1, 0.15) is 5.56 Å². The lowest BCUT2D eigenvalue weighted by atomic mass is 10.2. The van der Waals surface area contributed by atoms with Gasteiger partial charge in [-0.1, -0.05) is 18.2 Å². The topological polar surface area (TPSA) is 29.3 Å². The second-order valence-corrected chi connectivity index (χ2v) is 3.43. The Bertz CT molecular complexity index is 345. The molecular formula is C11H13NO2. The summed E-state index contributed by atoms with van der Waals surface area (Å²) in [5.74, 6) is 0.871. The smallest absolute Gasteiger partial charge is 0.260 e. The Hall–Kier alpha value is -1.51. The number of hydrogen-bond acceptors (Lipinski definition) is 2. The van der Waals surface area contributed by atoms with E-state index in [9.17, 15) is 4.79 Å². The van der Waals surface area contributed by atoms with Crippen LogP contribution in [0.25, 0.3) is 0 Å². The monoisotopic (exact) mass is 191 g/mol. The molecule has 1 heterocycles. The molecule has 1 saturated heterocycles. The average Bonchev–Trinajstić information content (AvgIpc) is 2.99. The van der Waals surface area contributed by atoms with Gasteiger partial charge in [-0.15, -0.1) is 0 Å². The second kappa shape index (κ2) is 3.70. The molecule has 0 atom stereocenters. The van der Waals surface area contributed by atoms with Crippen molar-refractivity contribution in [3.63, 3.8) is 0 Å². The molecule has 1 aromatic carbocycles. The number of amides is 1. The molecule has 0 N–H and O–H groups in total. The van der Waals surface area contributed by atoms with Crippen LogP contribution < -0.4 is 4.74 Å². The van der Waals surface area contributed by atoms with E-state index >= 15 is 0 Å². The molecular weight excluding hydrogens is 178 g/mol. The highest BCUT2D eigenvalue weighted by atomic mass is 16.5. The molecule has 74 valence electrons. The zero-order valence-corrected chi connectivity index (χ0v) is 8.19. The normalized spacial score (nSPS) is 13.9. The summed E-state index contributed by atoms with van der Waals surface area (Å²) in [6.45, 7) is 3.90. The molecule has 0 radical (unpaired) electrons. The third-order valence-corrected chi connectivity index (χ3v) is 2.24. The fourth-order valence-corrected chi connectivity index (χ4v) is 1.25. The van der Waals surface area contributed by atoms with E-state index in [1.165, 1.54) is 0 Å². The van der Waals surface area contributed by atoms with Crippen molar-refractivity contribution >= 4 is 5.91 Å². The van der Waals surface area contributed by atoms with Crippen LogP contribution in [0, 0.1) is 6.92 Å². The van der Waals surface area contributed by atoms with Gasteiger partial charge in [-0.2, -0.15) is 0 Å². The van der Waals surface area contributed by atoms with Crippen LogP contribution in [0.15, 0.2) is 24.3 Å². The lowest BCUT2D eigenvalue weighted by Crippen LogP contribution is -2.19. The second-order valence-electron chi connectivity index (χ2n) is 3.43. The van der Waals surface area contributed by atoms with Crippen LogP contribution in [0.3, 0.4) is 0 Å². The largest absolute Gasteiger partial charge is 0.484 e. The van der Waals surface area contributed by atoms with Gasteiger partial charge in [0.1, 0.15) is 5.75 Å². The summed E-state index contributed by atoms with van der Waals surface area (Å²) in [4.78, 5) is 13.1. The number of hydrogen-bond donors (Lipinski definition) is 0. The number of carbonyl (C=O) groups is 1. The van der Waals surface area contributed by atoms with Gasteiger partial charge in [0.25, 0.3) is 5.91 Å². The predicted octanol–water partition coefficient (Wildman–Crippen LogP) is 1.22. The highest BCUT2D eigenvalue weighted by Gasteiger charge is 2.24. The van der Waals surface area contributed by atoms with Gasteiger partial charge in [0.05, 0.1) is 0 Å². The Morgan fingerprint density at radius 3 is 2.79 bits per heavy atom. The van der Waals surface area contributed by atoms with E-state index in [1.807, 2.05) is 31.2 Å². The van der Waals surface area contributed by atoms with E-state index in [1.54, 1.807) is 4.90 Å². The van der Waals surface area contributed by atoms with Crippen molar-refractivity contribution in [1.82, 2.24) is 4.90 Å². The maximum Gasteiger partial charge on any atom is 0.260 e. The van der Waals surface area contributed by atoms with Crippen LogP contribution in [0.2, 0.25) is 0 Å². The fraction of sp³-hybridized carbons (Fsp3) is 0.364. The van der Waals surface area contributed by atoms with E-state index in [2.05, 4.69) is 0 Å². The zero-order valence-electron chi connectivity index (χ0n) is 8.19. The molecule has 0 aliphatic carbocycles. The molecule has 1 aliphatic heterocycles. The first-order chi connectivity index (χ1) is 6.77. The number of rotatable bonds is 3. The Balaban J connectivity index is 1.91. The summed E-state index contributed by atoms with van der Waals surface area (Å²) in [6.07, 6.45) is 0. The lowest BCUT2D eigenvalue weighted by Gasteiger charge is -2.07. The van der Waals surface area contributed by atoms with Gasteiger partial charge in [-0.25, -0.2) is 0 Å².